The lowest BCUT2D eigenvalue weighted by atomic mass is 10.1. The van der Waals surface area contributed by atoms with Crippen molar-refractivity contribution >= 4 is 5.91 Å². The van der Waals surface area contributed by atoms with E-state index in [1.165, 1.54) is 6.07 Å². The number of nitrogens with zero attached hydrogens (tertiary/aromatic N) is 2. The zero-order valence-electron chi connectivity index (χ0n) is 13.5. The van der Waals surface area contributed by atoms with Crippen molar-refractivity contribution in [3.63, 3.8) is 0 Å². The summed E-state index contributed by atoms with van der Waals surface area (Å²) < 4.78 is 37.6. The van der Waals surface area contributed by atoms with Crippen LogP contribution in [-0.4, -0.2) is 74.4 Å². The van der Waals surface area contributed by atoms with Crippen LogP contribution < -0.4 is 0 Å². The Morgan fingerprint density at radius 1 is 1.12 bits per heavy atom. The fourth-order valence-electron chi connectivity index (χ4n) is 3.07. The van der Waals surface area contributed by atoms with Gasteiger partial charge < -0.3 is 14.4 Å². The van der Waals surface area contributed by atoms with Crippen LogP contribution in [-0.2, 0) is 9.47 Å². The molecule has 2 saturated heterocycles. The number of benzene rings is 1. The van der Waals surface area contributed by atoms with Crippen LogP contribution in [0.5, 0.6) is 0 Å². The van der Waals surface area contributed by atoms with Crippen molar-refractivity contribution in [1.29, 1.82) is 0 Å². The molecule has 1 aromatic carbocycles. The SMILES string of the molecule is O=C(c1ccc(F)c(F)c1)N1CCCO[C@@H](CN2CCOCC2)C1. The summed E-state index contributed by atoms with van der Waals surface area (Å²) in [4.78, 5) is 16.5. The molecule has 0 bridgehead atoms. The van der Waals surface area contributed by atoms with E-state index in [2.05, 4.69) is 4.90 Å². The van der Waals surface area contributed by atoms with Gasteiger partial charge in [0.25, 0.3) is 5.91 Å². The van der Waals surface area contributed by atoms with E-state index in [1.54, 1.807) is 4.90 Å². The largest absolute Gasteiger partial charge is 0.379 e. The van der Waals surface area contributed by atoms with Gasteiger partial charge in [-0.05, 0) is 24.6 Å². The summed E-state index contributed by atoms with van der Waals surface area (Å²) in [5.41, 5.74) is 0.168. The van der Waals surface area contributed by atoms with Crippen LogP contribution in [0.15, 0.2) is 18.2 Å². The molecule has 5 nitrogen and oxygen atoms in total. The molecule has 2 aliphatic rings. The average molecular weight is 340 g/mol. The summed E-state index contributed by atoms with van der Waals surface area (Å²) in [6.07, 6.45) is 0.648. The standard InChI is InChI=1S/C17H22F2N2O3/c18-15-3-2-13(10-16(15)19)17(22)21-4-1-7-24-14(12-21)11-20-5-8-23-9-6-20/h2-3,10,14H,1,4-9,11-12H2/t14-/m0/s1. The van der Waals surface area contributed by atoms with E-state index in [4.69, 9.17) is 9.47 Å². The lowest BCUT2D eigenvalue weighted by Gasteiger charge is -2.31. The molecule has 1 atom stereocenters. The van der Waals surface area contributed by atoms with Crippen LogP contribution >= 0.6 is 0 Å². The molecule has 1 aromatic rings. The smallest absolute Gasteiger partial charge is 0.254 e. The van der Waals surface area contributed by atoms with Gasteiger partial charge in [-0.25, -0.2) is 8.78 Å². The minimum absolute atomic E-state index is 0.0835. The van der Waals surface area contributed by atoms with Gasteiger partial charge in [0.2, 0.25) is 0 Å². The predicted molar refractivity (Wildman–Crippen MR) is 83.9 cm³/mol. The number of rotatable bonds is 3. The number of carbonyl (C=O) groups is 1. The molecule has 0 aliphatic carbocycles. The van der Waals surface area contributed by atoms with Crippen LogP contribution in [0.1, 0.15) is 16.8 Å². The van der Waals surface area contributed by atoms with Gasteiger partial charge in [-0.15, -0.1) is 0 Å². The topological polar surface area (TPSA) is 42.0 Å². The number of halogens is 2. The van der Waals surface area contributed by atoms with Crippen LogP contribution in [0.3, 0.4) is 0 Å². The monoisotopic (exact) mass is 340 g/mol. The molecule has 132 valence electrons. The Hall–Kier alpha value is -1.57. The maximum Gasteiger partial charge on any atom is 0.254 e. The van der Waals surface area contributed by atoms with Gasteiger partial charge in [-0.1, -0.05) is 0 Å². The van der Waals surface area contributed by atoms with E-state index in [0.29, 0.717) is 32.9 Å². The van der Waals surface area contributed by atoms with E-state index in [-0.39, 0.29) is 17.6 Å². The molecule has 0 saturated carbocycles. The van der Waals surface area contributed by atoms with Crippen molar-refractivity contribution in [3.05, 3.63) is 35.4 Å². The fraction of sp³-hybridized carbons (Fsp3) is 0.588. The minimum atomic E-state index is -1.00. The molecule has 0 spiro atoms. The van der Waals surface area contributed by atoms with E-state index < -0.39 is 11.6 Å². The summed E-state index contributed by atoms with van der Waals surface area (Å²) >= 11 is 0. The highest BCUT2D eigenvalue weighted by atomic mass is 19.2. The predicted octanol–water partition coefficient (Wildman–Crippen LogP) is 1.53. The Morgan fingerprint density at radius 2 is 1.92 bits per heavy atom. The normalized spacial score (nSPS) is 23.1. The Labute approximate surface area is 140 Å². The molecule has 0 aromatic heterocycles. The third kappa shape index (κ3) is 4.28. The van der Waals surface area contributed by atoms with Crippen molar-refractivity contribution in [1.82, 2.24) is 9.80 Å². The van der Waals surface area contributed by atoms with Gasteiger partial charge in [0, 0.05) is 44.9 Å². The van der Waals surface area contributed by atoms with Crippen LogP contribution in [0.25, 0.3) is 0 Å². The van der Waals surface area contributed by atoms with Crippen molar-refractivity contribution in [2.24, 2.45) is 0 Å². The molecular formula is C17H22F2N2O3. The zero-order chi connectivity index (χ0) is 16.9. The maximum absolute atomic E-state index is 13.4. The van der Waals surface area contributed by atoms with Crippen LogP contribution in [0.4, 0.5) is 8.78 Å². The van der Waals surface area contributed by atoms with E-state index in [9.17, 15) is 13.6 Å². The summed E-state index contributed by atoms with van der Waals surface area (Å²) in [5.74, 6) is -2.24. The van der Waals surface area contributed by atoms with Gasteiger partial charge in [0.1, 0.15) is 0 Å². The molecular weight excluding hydrogens is 318 g/mol. The lowest BCUT2D eigenvalue weighted by molar-refractivity contribution is -0.0112. The molecule has 7 heteroatoms. The van der Waals surface area contributed by atoms with E-state index in [1.807, 2.05) is 0 Å². The Kier molecular flexibility index (Phi) is 5.76. The van der Waals surface area contributed by atoms with Gasteiger partial charge in [0.05, 0.1) is 19.3 Å². The molecule has 24 heavy (non-hydrogen) atoms. The van der Waals surface area contributed by atoms with Crippen molar-refractivity contribution in [2.45, 2.75) is 12.5 Å². The number of carbonyl (C=O) groups excluding carboxylic acids is 1. The number of amides is 1. The van der Waals surface area contributed by atoms with Crippen molar-refractivity contribution < 1.29 is 23.0 Å². The summed E-state index contributed by atoms with van der Waals surface area (Å²) in [7, 11) is 0. The highest BCUT2D eigenvalue weighted by molar-refractivity contribution is 5.94. The van der Waals surface area contributed by atoms with Gasteiger partial charge in [-0.3, -0.25) is 9.69 Å². The first-order chi connectivity index (χ1) is 11.6. The quantitative estimate of drug-likeness (QED) is 0.837. The van der Waals surface area contributed by atoms with Crippen LogP contribution in [0, 0.1) is 11.6 Å². The molecule has 0 N–H and O–H groups in total. The van der Waals surface area contributed by atoms with Gasteiger partial charge in [-0.2, -0.15) is 0 Å². The van der Waals surface area contributed by atoms with Crippen molar-refractivity contribution in [2.75, 3.05) is 52.5 Å². The van der Waals surface area contributed by atoms with E-state index in [0.717, 1.165) is 38.2 Å². The fourth-order valence-corrected chi connectivity index (χ4v) is 3.07. The Bertz CT molecular complexity index is 579. The van der Waals surface area contributed by atoms with Gasteiger partial charge in [0.15, 0.2) is 11.6 Å². The first-order valence-corrected chi connectivity index (χ1v) is 8.29. The average Bonchev–Trinajstić information content (AvgIpc) is 2.83. The molecule has 0 unspecified atom stereocenters. The Morgan fingerprint density at radius 3 is 2.67 bits per heavy atom. The van der Waals surface area contributed by atoms with Crippen LogP contribution in [0.2, 0.25) is 0 Å². The number of hydrogen-bond donors (Lipinski definition) is 0. The minimum Gasteiger partial charge on any atom is -0.379 e. The molecule has 3 rings (SSSR count). The third-order valence-electron chi connectivity index (χ3n) is 4.37. The Balaban J connectivity index is 1.64. The molecule has 2 fully saturated rings. The summed E-state index contributed by atoms with van der Waals surface area (Å²) in [6.45, 7) is 5.48. The van der Waals surface area contributed by atoms with Gasteiger partial charge >= 0.3 is 0 Å². The second kappa shape index (κ2) is 8.00. The first kappa shape index (κ1) is 17.3. The highest BCUT2D eigenvalue weighted by Gasteiger charge is 2.26. The number of hydrogen-bond acceptors (Lipinski definition) is 4. The lowest BCUT2D eigenvalue weighted by Crippen LogP contribution is -2.45. The number of ether oxygens (including phenoxy) is 2. The summed E-state index contributed by atoms with van der Waals surface area (Å²) in [5, 5.41) is 0. The van der Waals surface area contributed by atoms with E-state index >= 15 is 0 Å². The maximum atomic E-state index is 13.4. The molecule has 1 amide bonds. The second-order valence-corrected chi connectivity index (χ2v) is 6.14. The zero-order valence-corrected chi connectivity index (χ0v) is 13.5. The second-order valence-electron chi connectivity index (χ2n) is 6.14. The molecule has 0 radical (unpaired) electrons. The van der Waals surface area contributed by atoms with Crippen molar-refractivity contribution in [3.8, 4) is 0 Å². The number of morpholine rings is 1. The summed E-state index contributed by atoms with van der Waals surface area (Å²) in [6, 6.07) is 3.27. The molecule has 2 aliphatic heterocycles. The highest BCUT2D eigenvalue weighted by Crippen LogP contribution is 2.15. The first-order valence-electron chi connectivity index (χ1n) is 8.29. The third-order valence-corrected chi connectivity index (χ3v) is 4.37. The molecule has 2 heterocycles.